The minimum absolute atomic E-state index is 0.173. The van der Waals surface area contributed by atoms with Crippen molar-refractivity contribution in [2.24, 2.45) is 0 Å². The zero-order valence-corrected chi connectivity index (χ0v) is 11.4. The summed E-state index contributed by atoms with van der Waals surface area (Å²) in [5.74, 6) is 0.755. The van der Waals surface area contributed by atoms with Gasteiger partial charge in [0.15, 0.2) is 11.5 Å². The molecule has 0 heterocycles. The molecule has 1 aromatic carbocycles. The van der Waals surface area contributed by atoms with Crippen molar-refractivity contribution in [2.45, 2.75) is 33.4 Å². The van der Waals surface area contributed by atoms with Gasteiger partial charge in [-0.05, 0) is 26.8 Å². The first-order valence-corrected chi connectivity index (χ1v) is 6.45. The van der Waals surface area contributed by atoms with Crippen LogP contribution in [0.4, 0.5) is 0 Å². The van der Waals surface area contributed by atoms with Gasteiger partial charge in [0, 0.05) is 25.3 Å². The van der Waals surface area contributed by atoms with Crippen LogP contribution in [0.5, 0.6) is 11.5 Å². The first-order valence-electron chi connectivity index (χ1n) is 6.45. The van der Waals surface area contributed by atoms with E-state index in [2.05, 4.69) is 5.32 Å². The summed E-state index contributed by atoms with van der Waals surface area (Å²) in [5.41, 5.74) is 0.838. The van der Waals surface area contributed by atoms with E-state index < -0.39 is 0 Å². The molecular formula is C14H23NO3. The van der Waals surface area contributed by atoms with E-state index in [1.54, 1.807) is 6.07 Å². The topological polar surface area (TPSA) is 50.7 Å². The standard InChI is InChI=1S/C14H23NO3/c1-4-17-11(3)9-15-10-12-7-6-8-13(14(12)16)18-5-2/h6-8,11,15-16H,4-5,9-10H2,1-3H3. The molecule has 4 nitrogen and oxygen atoms in total. The Morgan fingerprint density at radius 1 is 1.28 bits per heavy atom. The second kappa shape index (κ2) is 7.95. The van der Waals surface area contributed by atoms with Gasteiger partial charge in [-0.25, -0.2) is 0 Å². The summed E-state index contributed by atoms with van der Waals surface area (Å²) >= 11 is 0. The van der Waals surface area contributed by atoms with Gasteiger partial charge in [-0.1, -0.05) is 12.1 Å². The zero-order chi connectivity index (χ0) is 13.4. The molecule has 18 heavy (non-hydrogen) atoms. The number of aromatic hydroxyl groups is 1. The molecule has 1 atom stereocenters. The van der Waals surface area contributed by atoms with Crippen LogP contribution in [0.3, 0.4) is 0 Å². The Morgan fingerprint density at radius 2 is 2.06 bits per heavy atom. The molecule has 0 aliphatic heterocycles. The minimum atomic E-state index is 0.173. The van der Waals surface area contributed by atoms with E-state index in [1.807, 2.05) is 32.9 Å². The van der Waals surface area contributed by atoms with Gasteiger partial charge >= 0.3 is 0 Å². The lowest BCUT2D eigenvalue weighted by Gasteiger charge is -2.14. The van der Waals surface area contributed by atoms with Gasteiger partial charge in [-0.3, -0.25) is 0 Å². The van der Waals surface area contributed by atoms with Gasteiger partial charge in [0.2, 0.25) is 0 Å². The molecule has 0 aliphatic rings. The molecule has 0 saturated heterocycles. The van der Waals surface area contributed by atoms with Crippen molar-refractivity contribution in [1.29, 1.82) is 0 Å². The summed E-state index contributed by atoms with van der Waals surface area (Å²) in [6.07, 6.45) is 0.173. The van der Waals surface area contributed by atoms with Gasteiger partial charge < -0.3 is 19.9 Å². The predicted molar refractivity (Wildman–Crippen MR) is 72.1 cm³/mol. The second-order valence-corrected chi connectivity index (χ2v) is 4.09. The number of nitrogens with one attached hydrogen (secondary N) is 1. The third kappa shape index (κ3) is 4.55. The van der Waals surface area contributed by atoms with Crippen LogP contribution in [-0.2, 0) is 11.3 Å². The molecule has 0 spiro atoms. The molecule has 0 fully saturated rings. The molecule has 0 bridgehead atoms. The third-order valence-corrected chi connectivity index (χ3v) is 2.58. The van der Waals surface area contributed by atoms with Gasteiger partial charge in [0.25, 0.3) is 0 Å². The first-order chi connectivity index (χ1) is 8.69. The van der Waals surface area contributed by atoms with Crippen molar-refractivity contribution in [1.82, 2.24) is 5.32 Å². The Kier molecular flexibility index (Phi) is 6.54. The van der Waals surface area contributed by atoms with Gasteiger partial charge in [0.05, 0.1) is 12.7 Å². The van der Waals surface area contributed by atoms with Crippen LogP contribution in [0.1, 0.15) is 26.3 Å². The normalized spacial score (nSPS) is 12.4. The van der Waals surface area contributed by atoms with Crippen LogP contribution >= 0.6 is 0 Å². The van der Waals surface area contributed by atoms with Crippen molar-refractivity contribution in [3.05, 3.63) is 23.8 Å². The maximum Gasteiger partial charge on any atom is 0.162 e. The first kappa shape index (κ1) is 14.8. The number of phenols is 1. The molecule has 0 aliphatic carbocycles. The molecule has 102 valence electrons. The minimum Gasteiger partial charge on any atom is -0.504 e. The zero-order valence-electron chi connectivity index (χ0n) is 11.4. The van der Waals surface area contributed by atoms with Crippen LogP contribution in [0.25, 0.3) is 0 Å². The molecule has 0 aromatic heterocycles. The lowest BCUT2D eigenvalue weighted by molar-refractivity contribution is 0.0759. The fourth-order valence-corrected chi connectivity index (χ4v) is 1.74. The summed E-state index contributed by atoms with van der Waals surface area (Å²) < 4.78 is 10.8. The average molecular weight is 253 g/mol. The number of rotatable bonds is 8. The number of hydrogen-bond donors (Lipinski definition) is 2. The highest BCUT2D eigenvalue weighted by Crippen LogP contribution is 2.29. The highest BCUT2D eigenvalue weighted by molar-refractivity contribution is 5.45. The molecule has 2 N–H and O–H groups in total. The van der Waals surface area contributed by atoms with Crippen molar-refractivity contribution in [2.75, 3.05) is 19.8 Å². The lowest BCUT2D eigenvalue weighted by atomic mass is 10.2. The van der Waals surface area contributed by atoms with E-state index in [1.165, 1.54) is 0 Å². The van der Waals surface area contributed by atoms with E-state index in [0.717, 1.165) is 12.1 Å². The second-order valence-electron chi connectivity index (χ2n) is 4.09. The Balaban J connectivity index is 2.49. The van der Waals surface area contributed by atoms with Gasteiger partial charge in [-0.15, -0.1) is 0 Å². The van der Waals surface area contributed by atoms with Crippen LogP contribution < -0.4 is 10.1 Å². The molecule has 1 rings (SSSR count). The van der Waals surface area contributed by atoms with Crippen LogP contribution in [-0.4, -0.2) is 31.0 Å². The highest BCUT2D eigenvalue weighted by Gasteiger charge is 2.08. The van der Waals surface area contributed by atoms with Gasteiger partial charge in [0.1, 0.15) is 0 Å². The SMILES string of the molecule is CCOc1cccc(CNCC(C)OCC)c1O. The smallest absolute Gasteiger partial charge is 0.162 e. The lowest BCUT2D eigenvalue weighted by Crippen LogP contribution is -2.26. The molecular weight excluding hydrogens is 230 g/mol. The Bertz CT molecular complexity index is 355. The largest absolute Gasteiger partial charge is 0.504 e. The molecule has 0 saturated carbocycles. The molecule has 0 radical (unpaired) electrons. The van der Waals surface area contributed by atoms with Crippen molar-refractivity contribution in [3.63, 3.8) is 0 Å². The Labute approximate surface area is 109 Å². The van der Waals surface area contributed by atoms with E-state index in [4.69, 9.17) is 9.47 Å². The maximum absolute atomic E-state index is 9.99. The number of benzene rings is 1. The number of phenolic OH excluding ortho intramolecular Hbond substituents is 1. The van der Waals surface area contributed by atoms with Crippen LogP contribution in [0.2, 0.25) is 0 Å². The highest BCUT2D eigenvalue weighted by atomic mass is 16.5. The summed E-state index contributed by atoms with van der Waals surface area (Å²) in [5, 5.41) is 13.2. The third-order valence-electron chi connectivity index (χ3n) is 2.58. The van der Waals surface area contributed by atoms with Gasteiger partial charge in [-0.2, -0.15) is 0 Å². The van der Waals surface area contributed by atoms with E-state index in [0.29, 0.717) is 25.5 Å². The van der Waals surface area contributed by atoms with E-state index >= 15 is 0 Å². The fraction of sp³-hybridized carbons (Fsp3) is 0.571. The summed E-state index contributed by atoms with van der Waals surface area (Å²) in [4.78, 5) is 0. The van der Waals surface area contributed by atoms with Crippen LogP contribution in [0, 0.1) is 0 Å². The number of hydrogen-bond acceptors (Lipinski definition) is 4. The molecule has 0 amide bonds. The van der Waals surface area contributed by atoms with E-state index in [9.17, 15) is 5.11 Å². The molecule has 1 aromatic rings. The molecule has 4 heteroatoms. The Morgan fingerprint density at radius 3 is 2.72 bits per heavy atom. The summed E-state index contributed by atoms with van der Waals surface area (Å²) in [6, 6.07) is 5.54. The quantitative estimate of drug-likeness (QED) is 0.746. The van der Waals surface area contributed by atoms with Crippen molar-refractivity contribution >= 4 is 0 Å². The Hall–Kier alpha value is -1.26. The fourth-order valence-electron chi connectivity index (χ4n) is 1.74. The summed E-state index contributed by atoms with van der Waals surface area (Å²) in [7, 11) is 0. The monoisotopic (exact) mass is 253 g/mol. The molecule has 1 unspecified atom stereocenters. The average Bonchev–Trinajstić information content (AvgIpc) is 2.34. The number of para-hydroxylation sites is 1. The van der Waals surface area contributed by atoms with E-state index in [-0.39, 0.29) is 11.9 Å². The number of ether oxygens (including phenoxy) is 2. The predicted octanol–water partition coefficient (Wildman–Crippen LogP) is 2.31. The van der Waals surface area contributed by atoms with Crippen molar-refractivity contribution in [3.8, 4) is 11.5 Å². The van der Waals surface area contributed by atoms with Crippen molar-refractivity contribution < 1.29 is 14.6 Å². The van der Waals surface area contributed by atoms with Crippen LogP contribution in [0.15, 0.2) is 18.2 Å². The maximum atomic E-state index is 9.99. The summed E-state index contributed by atoms with van der Waals surface area (Å²) in [6.45, 7) is 8.52.